The van der Waals surface area contributed by atoms with Gasteiger partial charge in [0.1, 0.15) is 0 Å². The third-order valence-electron chi connectivity index (χ3n) is 3.26. The first-order valence-electron chi connectivity index (χ1n) is 6.21. The number of nitrogens with one attached hydrogen (secondary N) is 2. The highest BCUT2D eigenvalue weighted by molar-refractivity contribution is 5.85. The summed E-state index contributed by atoms with van der Waals surface area (Å²) in [6.45, 7) is 3.19. The summed E-state index contributed by atoms with van der Waals surface area (Å²) in [4.78, 5) is 15.6. The molecule has 1 saturated heterocycles. The van der Waals surface area contributed by atoms with Crippen LogP contribution >= 0.6 is 0 Å². The minimum atomic E-state index is -1.13. The van der Waals surface area contributed by atoms with E-state index in [0.29, 0.717) is 13.2 Å². The zero-order valence-electron chi connectivity index (χ0n) is 10.6. The molecule has 5 heteroatoms. The number of aryl methyl sites for hydroxylation is 1. The van der Waals surface area contributed by atoms with Crippen LogP contribution in [0, 0.1) is 6.92 Å². The van der Waals surface area contributed by atoms with E-state index in [4.69, 9.17) is 4.74 Å². The highest BCUT2D eigenvalue weighted by atomic mass is 16.5. The third kappa shape index (κ3) is 2.18. The average Bonchev–Trinajstić information content (AvgIpc) is 2.89. The van der Waals surface area contributed by atoms with Gasteiger partial charge in [-0.05, 0) is 24.6 Å². The number of fused-ring (bicyclic) bond motifs is 1. The van der Waals surface area contributed by atoms with Gasteiger partial charge in [0.15, 0.2) is 6.29 Å². The van der Waals surface area contributed by atoms with E-state index < -0.39 is 5.85 Å². The molecule has 5 nitrogen and oxygen atoms in total. The first kappa shape index (κ1) is 12.1. The van der Waals surface area contributed by atoms with E-state index in [1.165, 1.54) is 0 Å². The fourth-order valence-electron chi connectivity index (χ4n) is 2.27. The number of carbonyl (C=O) groups is 1. The molecule has 2 heterocycles. The summed E-state index contributed by atoms with van der Waals surface area (Å²) in [5, 5.41) is 7.12. The minimum absolute atomic E-state index is 0.506. The number of aromatic nitrogens is 1. The number of hydrogen-bond acceptors (Lipinski definition) is 5. The van der Waals surface area contributed by atoms with Gasteiger partial charge in [0, 0.05) is 11.9 Å². The molecule has 19 heavy (non-hydrogen) atoms. The van der Waals surface area contributed by atoms with Crippen LogP contribution < -0.4 is 10.6 Å². The molecule has 3 rings (SSSR count). The van der Waals surface area contributed by atoms with E-state index in [2.05, 4.69) is 15.6 Å². The monoisotopic (exact) mass is 257 g/mol. The number of pyridine rings is 1. The van der Waals surface area contributed by atoms with Crippen LogP contribution in [0.1, 0.15) is 5.56 Å². The molecule has 1 fully saturated rings. The quantitative estimate of drug-likeness (QED) is 0.814. The number of benzene rings is 1. The van der Waals surface area contributed by atoms with Gasteiger partial charge >= 0.3 is 0 Å². The molecule has 98 valence electrons. The Morgan fingerprint density at radius 3 is 3.16 bits per heavy atom. The Kier molecular flexibility index (Phi) is 2.93. The van der Waals surface area contributed by atoms with E-state index in [1.807, 2.05) is 31.2 Å². The van der Waals surface area contributed by atoms with E-state index in [9.17, 15) is 4.79 Å². The average molecular weight is 257 g/mol. The third-order valence-corrected chi connectivity index (χ3v) is 3.26. The van der Waals surface area contributed by atoms with Crippen molar-refractivity contribution in [3.63, 3.8) is 0 Å². The number of rotatable bonds is 3. The molecule has 0 aliphatic carbocycles. The number of carbonyl (C=O) groups excluding carboxylic acids is 1. The maximum atomic E-state index is 11.2. The standard InChI is InChI=1S/C14H15N3O2/c1-10-3-2-4-13-12(10)7-11(8-15-13)17-14(9-18)16-5-6-19-14/h2-4,7-9,16-17H,5-6H2,1H3. The van der Waals surface area contributed by atoms with Gasteiger partial charge in [-0.1, -0.05) is 12.1 Å². The van der Waals surface area contributed by atoms with Crippen LogP contribution in [0.2, 0.25) is 0 Å². The number of hydrogen-bond donors (Lipinski definition) is 2. The van der Waals surface area contributed by atoms with Gasteiger partial charge in [0.25, 0.3) is 5.85 Å². The minimum Gasteiger partial charge on any atom is -0.337 e. The summed E-state index contributed by atoms with van der Waals surface area (Å²) in [7, 11) is 0. The highest BCUT2D eigenvalue weighted by Crippen LogP contribution is 2.22. The molecule has 1 unspecified atom stereocenters. The van der Waals surface area contributed by atoms with Crippen molar-refractivity contribution < 1.29 is 9.53 Å². The van der Waals surface area contributed by atoms with Crippen LogP contribution in [0.3, 0.4) is 0 Å². The number of nitrogens with zero attached hydrogens (tertiary/aromatic N) is 1. The summed E-state index contributed by atoms with van der Waals surface area (Å²) >= 11 is 0. The van der Waals surface area contributed by atoms with Crippen LogP contribution in [0.15, 0.2) is 30.5 Å². The molecule has 1 aliphatic rings. The lowest BCUT2D eigenvalue weighted by Gasteiger charge is -2.24. The summed E-state index contributed by atoms with van der Waals surface area (Å²) in [5.74, 6) is -1.13. The van der Waals surface area contributed by atoms with Gasteiger partial charge in [-0.2, -0.15) is 0 Å². The molecule has 1 aliphatic heterocycles. The maximum absolute atomic E-state index is 11.2. The van der Waals surface area contributed by atoms with E-state index in [0.717, 1.165) is 28.4 Å². The summed E-state index contributed by atoms with van der Waals surface area (Å²) < 4.78 is 5.42. The number of aldehydes is 1. The molecule has 0 spiro atoms. The van der Waals surface area contributed by atoms with Crippen LogP contribution in [-0.2, 0) is 9.53 Å². The second-order valence-corrected chi connectivity index (χ2v) is 4.62. The Balaban J connectivity index is 1.97. The number of anilines is 1. The fourth-order valence-corrected chi connectivity index (χ4v) is 2.27. The largest absolute Gasteiger partial charge is 0.337 e. The summed E-state index contributed by atoms with van der Waals surface area (Å²) in [5.41, 5.74) is 2.84. The molecule has 1 aromatic carbocycles. The van der Waals surface area contributed by atoms with Crippen molar-refractivity contribution in [1.82, 2.24) is 10.3 Å². The van der Waals surface area contributed by atoms with Gasteiger partial charge < -0.3 is 10.1 Å². The Morgan fingerprint density at radius 1 is 1.53 bits per heavy atom. The van der Waals surface area contributed by atoms with Gasteiger partial charge in [0.05, 0.1) is 24.0 Å². The predicted octanol–water partition coefficient (Wildman–Crippen LogP) is 1.43. The molecule has 0 amide bonds. The van der Waals surface area contributed by atoms with Crippen molar-refractivity contribution in [2.75, 3.05) is 18.5 Å². The van der Waals surface area contributed by atoms with Crippen molar-refractivity contribution in [2.45, 2.75) is 12.8 Å². The first-order chi connectivity index (χ1) is 9.22. The van der Waals surface area contributed by atoms with Crippen LogP contribution in [0.4, 0.5) is 5.69 Å². The second kappa shape index (κ2) is 4.60. The molecular formula is C14H15N3O2. The smallest absolute Gasteiger partial charge is 0.254 e. The lowest BCUT2D eigenvalue weighted by atomic mass is 10.1. The lowest BCUT2D eigenvalue weighted by molar-refractivity contribution is -0.124. The highest BCUT2D eigenvalue weighted by Gasteiger charge is 2.34. The van der Waals surface area contributed by atoms with E-state index >= 15 is 0 Å². The van der Waals surface area contributed by atoms with Crippen molar-refractivity contribution >= 4 is 22.9 Å². The molecule has 2 aromatic rings. The Hall–Kier alpha value is -1.98. The van der Waals surface area contributed by atoms with Crippen molar-refractivity contribution in [1.29, 1.82) is 0 Å². The molecule has 0 bridgehead atoms. The molecule has 2 N–H and O–H groups in total. The Labute approximate surface area is 111 Å². The topological polar surface area (TPSA) is 63.2 Å². The SMILES string of the molecule is Cc1cccc2ncc(NC3(C=O)NCCO3)cc12. The maximum Gasteiger partial charge on any atom is 0.254 e. The van der Waals surface area contributed by atoms with E-state index in [-0.39, 0.29) is 0 Å². The van der Waals surface area contributed by atoms with Crippen molar-refractivity contribution in [3.8, 4) is 0 Å². The normalized spacial score (nSPS) is 22.6. The Bertz CT molecular complexity index is 621. The predicted molar refractivity (Wildman–Crippen MR) is 72.9 cm³/mol. The summed E-state index contributed by atoms with van der Waals surface area (Å²) in [6, 6.07) is 7.96. The molecule has 0 saturated carbocycles. The second-order valence-electron chi connectivity index (χ2n) is 4.62. The van der Waals surface area contributed by atoms with Gasteiger partial charge in [-0.25, -0.2) is 0 Å². The molecule has 1 aromatic heterocycles. The zero-order valence-corrected chi connectivity index (χ0v) is 10.6. The van der Waals surface area contributed by atoms with Crippen molar-refractivity contribution in [2.24, 2.45) is 0 Å². The lowest BCUT2D eigenvalue weighted by Crippen LogP contribution is -2.50. The zero-order chi connectivity index (χ0) is 13.3. The Morgan fingerprint density at radius 2 is 2.42 bits per heavy atom. The van der Waals surface area contributed by atoms with Gasteiger partial charge in [-0.3, -0.25) is 15.1 Å². The van der Waals surface area contributed by atoms with E-state index in [1.54, 1.807) is 6.20 Å². The molecule has 0 radical (unpaired) electrons. The van der Waals surface area contributed by atoms with Crippen LogP contribution in [-0.4, -0.2) is 30.3 Å². The molecule has 1 atom stereocenters. The van der Waals surface area contributed by atoms with Crippen LogP contribution in [0.25, 0.3) is 10.9 Å². The van der Waals surface area contributed by atoms with Gasteiger partial charge in [-0.15, -0.1) is 0 Å². The summed E-state index contributed by atoms with van der Waals surface area (Å²) in [6.07, 6.45) is 2.44. The van der Waals surface area contributed by atoms with Gasteiger partial charge in [0.2, 0.25) is 0 Å². The number of ether oxygens (including phenoxy) is 1. The molecular weight excluding hydrogens is 242 g/mol. The fraction of sp³-hybridized carbons (Fsp3) is 0.286. The first-order valence-corrected chi connectivity index (χ1v) is 6.21. The van der Waals surface area contributed by atoms with Crippen molar-refractivity contribution in [3.05, 3.63) is 36.0 Å². The van der Waals surface area contributed by atoms with Crippen LogP contribution in [0.5, 0.6) is 0 Å².